The van der Waals surface area contributed by atoms with Crippen molar-refractivity contribution in [1.29, 1.82) is 0 Å². The normalized spacial score (nSPS) is 8.00. The summed E-state index contributed by atoms with van der Waals surface area (Å²) in [6.45, 7) is 0. The summed E-state index contributed by atoms with van der Waals surface area (Å²) in [5, 5.41) is 8.00. The fraction of sp³-hybridized carbons (Fsp3) is 0.364. The Balaban J connectivity index is -0.000000324. The zero-order chi connectivity index (χ0) is 12.4. The zero-order valence-corrected chi connectivity index (χ0v) is 12.1. The van der Waals surface area contributed by atoms with E-state index in [1.54, 1.807) is 0 Å². The molecule has 2 rings (SSSR count). The summed E-state index contributed by atoms with van der Waals surface area (Å²) >= 11 is 0. The number of nitrogens with zero attached hydrogens (tertiary/aromatic N) is 5. The molecule has 0 atom stereocenters. The van der Waals surface area contributed by atoms with Gasteiger partial charge in [-0.2, -0.15) is 0 Å². The number of hydrogen-bond acceptors (Lipinski definition) is 3. The summed E-state index contributed by atoms with van der Waals surface area (Å²) < 4.78 is 1.87. The first-order valence-electron chi connectivity index (χ1n) is 5.30. The summed E-state index contributed by atoms with van der Waals surface area (Å²) in [5.41, 5.74) is 1.65. The van der Waals surface area contributed by atoms with E-state index in [0.717, 1.165) is 11.0 Å². The van der Waals surface area contributed by atoms with E-state index in [1.165, 1.54) is 4.85 Å². The first kappa shape index (κ1) is 27.9. The van der Waals surface area contributed by atoms with E-state index in [-0.39, 0.29) is 27.2 Å². The highest BCUT2D eigenvalue weighted by molar-refractivity contribution is 5.76. The van der Waals surface area contributed by atoms with Gasteiger partial charge in [0.05, 0.1) is 36.6 Å². The van der Waals surface area contributed by atoms with Gasteiger partial charge in [-0.1, -0.05) is 17.0 Å². The van der Waals surface area contributed by atoms with Crippen molar-refractivity contribution in [3.8, 4) is 0 Å². The van der Waals surface area contributed by atoms with Crippen molar-refractivity contribution in [1.82, 2.24) is 20.1 Å². The molecule has 0 amide bonds. The van der Waals surface area contributed by atoms with Gasteiger partial charge >= 0.3 is 6.02 Å². The highest BCUT2D eigenvalue weighted by Crippen LogP contribution is 2.08. The third-order valence-corrected chi connectivity index (χ3v) is 2.25. The van der Waals surface area contributed by atoms with E-state index in [4.69, 9.17) is 4.84 Å². The Bertz CT molecular complexity index is 574. The van der Waals surface area contributed by atoms with Gasteiger partial charge < -0.3 is 0 Å². The molecule has 22 heavy (non-hydrogen) atoms. The Labute approximate surface area is 127 Å². The maximum Gasteiger partial charge on any atom is 0.471 e. The van der Waals surface area contributed by atoms with Crippen molar-refractivity contribution in [3.63, 3.8) is 0 Å². The predicted octanol–water partition coefficient (Wildman–Crippen LogP) is -0.524. The predicted molar refractivity (Wildman–Crippen MR) is 84.9 cm³/mol. The Morgan fingerprint density at radius 3 is 2.14 bits per heavy atom. The van der Waals surface area contributed by atoms with Gasteiger partial charge in [-0.25, -0.2) is 9.48 Å². The molecule has 0 saturated heterocycles. The van der Waals surface area contributed by atoms with Crippen molar-refractivity contribution in [2.75, 3.05) is 28.2 Å². The van der Waals surface area contributed by atoms with Gasteiger partial charge in [0.25, 0.3) is 0 Å². The van der Waals surface area contributed by atoms with Crippen LogP contribution < -0.4 is 4.84 Å². The van der Waals surface area contributed by atoms with Crippen molar-refractivity contribution < 1.29 is 28.2 Å². The third kappa shape index (κ3) is 5.58. The van der Waals surface area contributed by atoms with Crippen LogP contribution in [0.3, 0.4) is 0 Å². The van der Waals surface area contributed by atoms with E-state index in [1.807, 2.05) is 61.9 Å². The molecule has 0 unspecified atom stereocenters. The van der Waals surface area contributed by atoms with Gasteiger partial charge in [-0.15, -0.1) is 5.10 Å². The lowest BCUT2D eigenvalue weighted by atomic mass is 10.3. The Morgan fingerprint density at radius 1 is 1.09 bits per heavy atom. The van der Waals surface area contributed by atoms with Crippen LogP contribution >= 0.6 is 0 Å². The number of halogens is 4. The highest BCUT2D eigenvalue weighted by atomic mass is 19.0. The second-order valence-electron chi connectivity index (χ2n) is 4.11. The van der Waals surface area contributed by atoms with Gasteiger partial charge in [0.2, 0.25) is 0 Å². The minimum Gasteiger partial charge on any atom is -0.278 e. The average Bonchev–Trinajstić information content (AvgIpc) is 2.68. The van der Waals surface area contributed by atoms with Crippen molar-refractivity contribution >= 4 is 25.5 Å². The largest absolute Gasteiger partial charge is 0.471 e. The van der Waals surface area contributed by atoms with Crippen molar-refractivity contribution in [3.05, 3.63) is 24.3 Å². The first-order chi connectivity index (χ1) is 8.09. The summed E-state index contributed by atoms with van der Waals surface area (Å²) in [4.78, 5) is 8.99. The molecule has 1 aromatic heterocycles. The SMILES string of the molecule is B.CN(C)C(On1nnc2ccccc21)=[N+](C)C.F.F.F.F. The molecular weight excluding hydrogens is 305 g/mol. The Morgan fingerprint density at radius 2 is 1.64 bits per heavy atom. The lowest BCUT2D eigenvalue weighted by Crippen LogP contribution is -2.39. The van der Waals surface area contributed by atoms with E-state index >= 15 is 0 Å². The quantitative estimate of drug-likeness (QED) is 0.232. The minimum atomic E-state index is 0. The van der Waals surface area contributed by atoms with Crippen LogP contribution in [0.5, 0.6) is 0 Å². The lowest BCUT2D eigenvalue weighted by molar-refractivity contribution is -0.480. The molecule has 6 nitrogen and oxygen atoms in total. The molecule has 0 N–H and O–H groups in total. The monoisotopic (exact) mass is 328 g/mol. The first-order valence-corrected chi connectivity index (χ1v) is 5.30. The zero-order valence-electron chi connectivity index (χ0n) is 12.1. The smallest absolute Gasteiger partial charge is 0.278 e. The van der Waals surface area contributed by atoms with Crippen molar-refractivity contribution in [2.45, 2.75) is 0 Å². The number of aromatic nitrogens is 3. The number of amidine groups is 1. The molecule has 0 bridgehead atoms. The van der Waals surface area contributed by atoms with E-state index in [9.17, 15) is 0 Å². The van der Waals surface area contributed by atoms with Crippen LogP contribution in [0, 0.1) is 0 Å². The number of fused-ring (bicyclic) bond motifs is 1. The molecular formula is C11H23BF4N5O+. The topological polar surface area (TPSA) is 46.2 Å². The molecule has 0 aliphatic carbocycles. The van der Waals surface area contributed by atoms with E-state index < -0.39 is 0 Å². The van der Waals surface area contributed by atoms with E-state index in [2.05, 4.69) is 10.3 Å². The minimum absolute atomic E-state index is 0. The number of para-hydroxylation sites is 1. The molecule has 0 aliphatic heterocycles. The summed E-state index contributed by atoms with van der Waals surface area (Å²) in [7, 11) is 7.64. The Kier molecular flexibility index (Phi) is 14.4. The second kappa shape index (κ2) is 11.3. The average molecular weight is 328 g/mol. The Hall–Kier alpha value is -2.33. The van der Waals surface area contributed by atoms with Crippen LogP contribution in [-0.2, 0) is 0 Å². The molecule has 11 heteroatoms. The summed E-state index contributed by atoms with van der Waals surface area (Å²) in [5.74, 6) is 0. The maximum atomic E-state index is 5.70. The second-order valence-corrected chi connectivity index (χ2v) is 4.11. The van der Waals surface area contributed by atoms with Crippen LogP contribution in [0.1, 0.15) is 0 Å². The molecule has 0 saturated carbocycles. The number of rotatable bonds is 1. The van der Waals surface area contributed by atoms with Gasteiger partial charge in [-0.05, 0) is 17.3 Å². The number of benzene rings is 1. The molecule has 0 spiro atoms. The van der Waals surface area contributed by atoms with Crippen LogP contribution in [0.15, 0.2) is 24.3 Å². The number of hydrogen-bond donors (Lipinski definition) is 0. The molecule has 0 fully saturated rings. The van der Waals surface area contributed by atoms with Gasteiger partial charge in [-0.3, -0.25) is 23.7 Å². The lowest BCUT2D eigenvalue weighted by Gasteiger charge is -2.10. The van der Waals surface area contributed by atoms with Crippen LogP contribution in [0.25, 0.3) is 11.0 Å². The molecule has 2 aromatic rings. The fourth-order valence-corrected chi connectivity index (χ4v) is 1.56. The molecule has 0 radical (unpaired) electrons. The summed E-state index contributed by atoms with van der Waals surface area (Å²) in [6, 6.07) is 8.34. The maximum absolute atomic E-state index is 5.70. The molecule has 0 aliphatic rings. The van der Waals surface area contributed by atoms with Crippen LogP contribution in [-0.4, -0.2) is 67.3 Å². The molecule has 1 heterocycles. The van der Waals surface area contributed by atoms with Gasteiger partial charge in [0, 0.05) is 0 Å². The highest BCUT2D eigenvalue weighted by Gasteiger charge is 2.17. The molecule has 1 aromatic carbocycles. The summed E-state index contributed by atoms with van der Waals surface area (Å²) in [6.07, 6.45) is 0. The van der Waals surface area contributed by atoms with Gasteiger partial charge in [0.15, 0.2) is 0 Å². The standard InChI is InChI=1S/C11H16N5O.BH3.4FH/c1-14(2)11(15(3)4)17-16-10-8-6-5-7-9(10)12-13-16;;;;;/h5-8H,1-4H3;1H3;4*1H/q+1;;;;;. The third-order valence-electron chi connectivity index (χ3n) is 2.25. The van der Waals surface area contributed by atoms with Gasteiger partial charge in [0.1, 0.15) is 11.0 Å². The van der Waals surface area contributed by atoms with Crippen LogP contribution in [0.2, 0.25) is 0 Å². The molecule has 128 valence electrons. The van der Waals surface area contributed by atoms with Crippen molar-refractivity contribution in [2.24, 2.45) is 0 Å². The van der Waals surface area contributed by atoms with Crippen LogP contribution in [0.4, 0.5) is 18.8 Å². The van der Waals surface area contributed by atoms with E-state index in [0.29, 0.717) is 6.02 Å². The fourth-order valence-electron chi connectivity index (χ4n) is 1.56.